The molecule has 9 nitrogen and oxygen atoms in total. The molecule has 2 bridgehead atoms. The lowest BCUT2D eigenvalue weighted by molar-refractivity contribution is -0.134. The predicted molar refractivity (Wildman–Crippen MR) is 167 cm³/mol. The summed E-state index contributed by atoms with van der Waals surface area (Å²) in [6.45, 7) is 2.42. The second-order valence-corrected chi connectivity index (χ2v) is 12.1. The van der Waals surface area contributed by atoms with Gasteiger partial charge in [0.15, 0.2) is 17.3 Å². The van der Waals surface area contributed by atoms with E-state index in [0.717, 1.165) is 24.1 Å². The highest BCUT2D eigenvalue weighted by atomic mass is 16.5. The Hall–Kier alpha value is -4.66. The minimum absolute atomic E-state index is 0.0403. The fourth-order valence-corrected chi connectivity index (χ4v) is 7.57. The van der Waals surface area contributed by atoms with Crippen LogP contribution in [0.25, 0.3) is 22.0 Å². The molecule has 2 aromatic carbocycles. The molecule has 44 heavy (non-hydrogen) atoms. The highest BCUT2D eigenvalue weighted by Crippen LogP contribution is 2.43. The van der Waals surface area contributed by atoms with E-state index in [1.54, 1.807) is 28.8 Å². The number of benzene rings is 2. The van der Waals surface area contributed by atoms with Crippen LogP contribution in [0.3, 0.4) is 0 Å². The Morgan fingerprint density at radius 2 is 1.68 bits per heavy atom. The maximum atomic E-state index is 14.1. The van der Waals surface area contributed by atoms with E-state index in [0.29, 0.717) is 90.5 Å². The van der Waals surface area contributed by atoms with Gasteiger partial charge in [0.05, 0.1) is 30.9 Å². The van der Waals surface area contributed by atoms with Gasteiger partial charge in [0.25, 0.3) is 11.1 Å². The van der Waals surface area contributed by atoms with Crippen LogP contribution in [0, 0.1) is 5.92 Å². The fraction of sp³-hybridized carbons (Fsp3) is 0.371. The molecule has 2 atom stereocenters. The second-order valence-electron chi connectivity index (χ2n) is 12.1. The highest BCUT2D eigenvalue weighted by molar-refractivity contribution is 6.27. The number of pyridine rings is 2. The van der Waals surface area contributed by atoms with Gasteiger partial charge in [0.2, 0.25) is 5.91 Å². The van der Waals surface area contributed by atoms with E-state index in [-0.39, 0.29) is 28.7 Å². The maximum Gasteiger partial charge on any atom is 0.262 e. The summed E-state index contributed by atoms with van der Waals surface area (Å²) in [4.78, 5) is 55.2. The number of ketones is 1. The summed E-state index contributed by atoms with van der Waals surface area (Å²) in [5, 5.41) is 0.894. The second kappa shape index (κ2) is 11.1. The number of ether oxygens (including phenoxy) is 2. The van der Waals surface area contributed by atoms with E-state index in [1.165, 1.54) is 14.2 Å². The van der Waals surface area contributed by atoms with Crippen LogP contribution < -0.4 is 20.6 Å². The number of hydrogen-bond acceptors (Lipinski definition) is 6. The molecular formula is C35H35N3O6. The Bertz CT molecular complexity index is 1940. The maximum absolute atomic E-state index is 14.1. The Labute approximate surface area is 254 Å². The molecule has 1 fully saturated rings. The van der Waals surface area contributed by atoms with E-state index in [1.807, 2.05) is 39.8 Å². The van der Waals surface area contributed by atoms with Crippen molar-refractivity contribution in [3.8, 4) is 22.8 Å². The third kappa shape index (κ3) is 4.44. The summed E-state index contributed by atoms with van der Waals surface area (Å²) < 4.78 is 14.7. The molecule has 2 aliphatic heterocycles. The number of nitrogens with zero attached hydrogens (tertiary/aromatic N) is 3. The van der Waals surface area contributed by atoms with Gasteiger partial charge in [-0.15, -0.1) is 0 Å². The summed E-state index contributed by atoms with van der Waals surface area (Å²) >= 11 is 0. The number of amides is 1. The molecule has 0 saturated carbocycles. The first-order valence-electron chi connectivity index (χ1n) is 15.3. The number of hydrogen-bond donors (Lipinski definition) is 0. The van der Waals surface area contributed by atoms with Crippen molar-refractivity contribution in [2.24, 2.45) is 5.92 Å². The monoisotopic (exact) mass is 593 g/mol. The van der Waals surface area contributed by atoms with Crippen LogP contribution in [-0.4, -0.2) is 53.0 Å². The largest absolute Gasteiger partial charge is 0.493 e. The van der Waals surface area contributed by atoms with E-state index < -0.39 is 0 Å². The number of fused-ring (bicyclic) bond motifs is 9. The molecular weight excluding hydrogens is 558 g/mol. The van der Waals surface area contributed by atoms with Crippen LogP contribution in [0.4, 0.5) is 0 Å². The summed E-state index contributed by atoms with van der Waals surface area (Å²) in [5.41, 5.74) is 3.35. The van der Waals surface area contributed by atoms with Gasteiger partial charge in [0, 0.05) is 66.8 Å². The third-order valence-corrected chi connectivity index (χ3v) is 9.54. The van der Waals surface area contributed by atoms with Crippen LogP contribution in [0.1, 0.15) is 59.6 Å². The number of piperidine rings is 1. The highest BCUT2D eigenvalue weighted by Gasteiger charge is 2.36. The van der Waals surface area contributed by atoms with Crippen molar-refractivity contribution in [3.63, 3.8) is 0 Å². The van der Waals surface area contributed by atoms with Crippen LogP contribution in [-0.2, 0) is 17.9 Å². The lowest BCUT2D eigenvalue weighted by Crippen LogP contribution is -2.49. The molecule has 1 saturated heterocycles. The molecule has 0 unspecified atom stereocenters. The van der Waals surface area contributed by atoms with Crippen molar-refractivity contribution in [3.05, 3.63) is 92.1 Å². The van der Waals surface area contributed by atoms with Crippen LogP contribution in [0.2, 0.25) is 0 Å². The van der Waals surface area contributed by atoms with Crippen molar-refractivity contribution < 1.29 is 19.1 Å². The zero-order valence-electron chi connectivity index (χ0n) is 25.0. The van der Waals surface area contributed by atoms with Crippen molar-refractivity contribution >= 4 is 22.5 Å². The number of methoxy groups -OCH3 is 2. The standard InChI is InChI=1S/C35H35N3O6/c1-43-27-15-14-25-30-32(23-9-5-6-10-24(23)33(30)41)37(35(42)31(25)34(27)44-2)16-7-3-4-12-28(39)36-18-21-17-22(20-36)26-11-8-13-29(40)38(26)19-21/h5-6,8-11,13-15,21-22H,3-4,7,12,16-20H2,1-2H3/t21-,22+/m1/s1. The van der Waals surface area contributed by atoms with Crippen molar-refractivity contribution in [1.82, 2.24) is 14.0 Å². The Balaban J connectivity index is 1.09. The molecule has 1 amide bonds. The first kappa shape index (κ1) is 28.1. The van der Waals surface area contributed by atoms with Crippen molar-refractivity contribution in [2.75, 3.05) is 27.3 Å². The molecule has 226 valence electrons. The average Bonchev–Trinajstić information content (AvgIpc) is 3.34. The smallest absolute Gasteiger partial charge is 0.262 e. The summed E-state index contributed by atoms with van der Waals surface area (Å²) in [7, 11) is 3.02. The molecule has 7 rings (SSSR count). The van der Waals surface area contributed by atoms with Crippen LogP contribution >= 0.6 is 0 Å². The SMILES string of the molecule is COc1ccc2c3c(n(CCCCCC(=O)N4C[C@H]5C[C@@H](C4)c4cccc(=O)n4C5)c(=O)c2c1OC)-c1ccccc1C3=O. The number of unbranched alkanes of at least 4 members (excludes halogenated alkanes) is 2. The molecule has 4 aromatic rings. The van der Waals surface area contributed by atoms with Gasteiger partial charge >= 0.3 is 0 Å². The van der Waals surface area contributed by atoms with E-state index in [9.17, 15) is 19.2 Å². The molecule has 0 radical (unpaired) electrons. The summed E-state index contributed by atoms with van der Waals surface area (Å²) in [5.74, 6) is 1.29. The number of aromatic nitrogens is 2. The summed E-state index contributed by atoms with van der Waals surface area (Å²) in [6.07, 6.45) is 3.60. The predicted octanol–water partition coefficient (Wildman–Crippen LogP) is 4.60. The van der Waals surface area contributed by atoms with Gasteiger partial charge in [-0.25, -0.2) is 0 Å². The van der Waals surface area contributed by atoms with Gasteiger partial charge < -0.3 is 23.5 Å². The number of carbonyl (C=O) groups is 2. The van der Waals surface area contributed by atoms with Crippen molar-refractivity contribution in [2.45, 2.75) is 51.1 Å². The Morgan fingerprint density at radius 1 is 0.864 bits per heavy atom. The lowest BCUT2D eigenvalue weighted by Gasteiger charge is -2.42. The quantitative estimate of drug-likeness (QED) is 0.244. The van der Waals surface area contributed by atoms with E-state index in [4.69, 9.17) is 9.47 Å². The first-order valence-corrected chi connectivity index (χ1v) is 15.3. The molecule has 2 aromatic heterocycles. The molecule has 9 heteroatoms. The van der Waals surface area contributed by atoms with Gasteiger partial charge in [-0.2, -0.15) is 0 Å². The third-order valence-electron chi connectivity index (χ3n) is 9.54. The Kier molecular flexibility index (Phi) is 7.11. The van der Waals surface area contributed by atoms with Crippen molar-refractivity contribution in [1.29, 1.82) is 0 Å². The van der Waals surface area contributed by atoms with Gasteiger partial charge in [-0.3, -0.25) is 19.2 Å². The van der Waals surface area contributed by atoms with Gasteiger partial charge in [-0.1, -0.05) is 36.8 Å². The molecule has 4 heterocycles. The van der Waals surface area contributed by atoms with Gasteiger partial charge in [0.1, 0.15) is 0 Å². The minimum atomic E-state index is -0.227. The normalized spacial score (nSPS) is 18.1. The summed E-state index contributed by atoms with van der Waals surface area (Å²) in [6, 6.07) is 16.3. The van der Waals surface area contributed by atoms with E-state index >= 15 is 0 Å². The number of carbonyl (C=O) groups excluding carboxylic acids is 2. The zero-order valence-corrected chi connectivity index (χ0v) is 25.0. The molecule has 0 spiro atoms. The lowest BCUT2D eigenvalue weighted by atomic mass is 9.83. The topological polar surface area (TPSA) is 99.8 Å². The molecule has 0 N–H and O–H groups in total. The molecule has 1 aliphatic carbocycles. The Morgan fingerprint density at radius 3 is 2.48 bits per heavy atom. The minimum Gasteiger partial charge on any atom is -0.493 e. The molecule has 3 aliphatic rings. The average molecular weight is 594 g/mol. The zero-order chi connectivity index (χ0) is 30.5. The van der Waals surface area contributed by atoms with Gasteiger partial charge in [-0.05, 0) is 43.4 Å². The van der Waals surface area contributed by atoms with Crippen LogP contribution in [0.5, 0.6) is 11.5 Å². The van der Waals surface area contributed by atoms with Crippen LogP contribution in [0.15, 0.2) is 64.2 Å². The number of rotatable bonds is 8. The van der Waals surface area contributed by atoms with E-state index in [2.05, 4.69) is 0 Å². The fourth-order valence-electron chi connectivity index (χ4n) is 7.57. The first-order chi connectivity index (χ1) is 21.4. The number of likely N-dealkylation sites (tertiary alicyclic amines) is 1.